The summed E-state index contributed by atoms with van der Waals surface area (Å²) in [6.07, 6.45) is 3.78. The van der Waals surface area contributed by atoms with E-state index in [1.54, 1.807) is 0 Å². The minimum absolute atomic E-state index is 0.0540. The van der Waals surface area contributed by atoms with Gasteiger partial charge in [0.05, 0.1) is 11.6 Å². The molecule has 0 aliphatic carbocycles. The smallest absolute Gasteiger partial charge is 0.324 e. The van der Waals surface area contributed by atoms with Gasteiger partial charge in [-0.25, -0.2) is 5.43 Å². The molecule has 0 aromatic heterocycles. The first-order chi connectivity index (χ1) is 15.5. The highest BCUT2D eigenvalue weighted by Crippen LogP contribution is 2.24. The molecule has 0 saturated carbocycles. The molecule has 2 amide bonds. The topological polar surface area (TPSA) is 123 Å². The van der Waals surface area contributed by atoms with Gasteiger partial charge in [-0.15, -0.1) is 0 Å². The lowest BCUT2D eigenvalue weighted by Gasteiger charge is -2.36. The molecule has 0 spiro atoms. The molecule has 2 fully saturated rings. The number of nitrogens with two attached hydrogens (primary N) is 1. The predicted octanol–water partition coefficient (Wildman–Crippen LogP) is 1.69. The molecule has 9 nitrogen and oxygen atoms in total. The molecule has 0 bridgehead atoms. The maximum absolute atomic E-state index is 13.3. The van der Waals surface area contributed by atoms with Gasteiger partial charge in [-0.05, 0) is 43.4 Å². The Kier molecular flexibility index (Phi) is 10.5. The van der Waals surface area contributed by atoms with Gasteiger partial charge in [-0.1, -0.05) is 39.9 Å². The van der Waals surface area contributed by atoms with Crippen LogP contribution in [0.4, 0.5) is 0 Å². The van der Waals surface area contributed by atoms with Crippen LogP contribution in [0.3, 0.4) is 0 Å². The molecule has 0 radical (unpaired) electrons. The van der Waals surface area contributed by atoms with E-state index in [1.807, 2.05) is 27.7 Å². The van der Waals surface area contributed by atoms with Crippen molar-refractivity contribution in [1.29, 1.82) is 0 Å². The SMILES string of the molecule is CCC(C)(C)COC(=O)[C@@H]1CCCN(C(=O)[C@H](CC(N)=S)NC(=O)C(C)C2CCOCC2)N1. The van der Waals surface area contributed by atoms with Gasteiger partial charge in [0.15, 0.2) is 0 Å². The van der Waals surface area contributed by atoms with Crippen molar-refractivity contribution in [3.63, 3.8) is 0 Å². The van der Waals surface area contributed by atoms with E-state index in [0.717, 1.165) is 19.3 Å². The average Bonchev–Trinajstić information content (AvgIpc) is 2.81. The quantitative estimate of drug-likeness (QED) is 0.316. The normalized spacial score (nSPS) is 21.7. The van der Waals surface area contributed by atoms with Gasteiger partial charge >= 0.3 is 5.97 Å². The van der Waals surface area contributed by atoms with Crippen molar-refractivity contribution in [2.45, 2.75) is 78.3 Å². The molecule has 2 heterocycles. The first-order valence-corrected chi connectivity index (χ1v) is 12.4. The lowest BCUT2D eigenvalue weighted by Crippen LogP contribution is -2.61. The second-order valence-corrected chi connectivity index (χ2v) is 10.4. The van der Waals surface area contributed by atoms with Crippen LogP contribution in [-0.4, -0.2) is 66.2 Å². The highest BCUT2D eigenvalue weighted by molar-refractivity contribution is 7.80. The zero-order valence-electron chi connectivity index (χ0n) is 20.4. The highest BCUT2D eigenvalue weighted by Gasteiger charge is 2.35. The number of amides is 2. The van der Waals surface area contributed by atoms with Gasteiger partial charge in [0.1, 0.15) is 12.1 Å². The van der Waals surface area contributed by atoms with Crippen molar-refractivity contribution in [3.05, 3.63) is 0 Å². The van der Waals surface area contributed by atoms with Crippen LogP contribution < -0.4 is 16.5 Å². The standard InChI is InChI=1S/C23H40N4O5S/c1-5-23(3,4)14-32-22(30)17-7-6-10-27(26-17)21(29)18(13-19(24)33)25-20(28)15(2)16-8-11-31-12-9-16/h15-18,26H,5-14H2,1-4H3,(H2,24,33)(H,25,28)/t15?,17-,18-/m0/s1. The number of ether oxygens (including phenoxy) is 2. The molecule has 2 aliphatic heterocycles. The van der Waals surface area contributed by atoms with Crippen molar-refractivity contribution in [2.75, 3.05) is 26.4 Å². The Morgan fingerprint density at radius 1 is 1.27 bits per heavy atom. The van der Waals surface area contributed by atoms with E-state index in [0.29, 0.717) is 39.2 Å². The summed E-state index contributed by atoms with van der Waals surface area (Å²) in [6.45, 7) is 10.0. The molecule has 2 saturated heterocycles. The van der Waals surface area contributed by atoms with E-state index >= 15 is 0 Å². The van der Waals surface area contributed by atoms with Crippen LogP contribution in [0.1, 0.15) is 66.2 Å². The molecule has 0 aromatic carbocycles. The molecular weight excluding hydrogens is 444 g/mol. The minimum Gasteiger partial charge on any atom is -0.464 e. The number of hydrogen-bond donors (Lipinski definition) is 3. The lowest BCUT2D eigenvalue weighted by molar-refractivity contribution is -0.155. The summed E-state index contributed by atoms with van der Waals surface area (Å²) < 4.78 is 10.9. The molecule has 188 valence electrons. The summed E-state index contributed by atoms with van der Waals surface area (Å²) >= 11 is 5.03. The largest absolute Gasteiger partial charge is 0.464 e. The summed E-state index contributed by atoms with van der Waals surface area (Å²) in [5.41, 5.74) is 8.60. The molecule has 2 aliphatic rings. The fraction of sp³-hybridized carbons (Fsp3) is 0.826. The van der Waals surface area contributed by atoms with E-state index in [1.165, 1.54) is 5.01 Å². The Balaban J connectivity index is 1.99. The molecule has 10 heteroatoms. The number of thiocarbonyl (C=S) groups is 1. The van der Waals surface area contributed by atoms with E-state index in [-0.39, 0.29) is 46.4 Å². The van der Waals surface area contributed by atoms with Crippen LogP contribution in [0.5, 0.6) is 0 Å². The van der Waals surface area contributed by atoms with Crippen molar-refractivity contribution in [1.82, 2.24) is 15.8 Å². The molecule has 3 atom stereocenters. The maximum atomic E-state index is 13.3. The van der Waals surface area contributed by atoms with Gasteiger partial charge in [0.25, 0.3) is 5.91 Å². The Morgan fingerprint density at radius 2 is 1.94 bits per heavy atom. The summed E-state index contributed by atoms with van der Waals surface area (Å²) in [5.74, 6) is -0.987. The van der Waals surface area contributed by atoms with Crippen molar-refractivity contribution in [3.8, 4) is 0 Å². The van der Waals surface area contributed by atoms with Gasteiger partial charge in [0.2, 0.25) is 5.91 Å². The van der Waals surface area contributed by atoms with Gasteiger partial charge in [-0.2, -0.15) is 0 Å². The third-order valence-corrected chi connectivity index (χ3v) is 6.87. The molecular formula is C23H40N4O5S. The number of nitrogens with one attached hydrogen (secondary N) is 2. The lowest BCUT2D eigenvalue weighted by atomic mass is 9.86. The molecule has 1 unspecified atom stereocenters. The van der Waals surface area contributed by atoms with E-state index in [4.69, 9.17) is 27.4 Å². The predicted molar refractivity (Wildman–Crippen MR) is 129 cm³/mol. The number of carbonyl (C=O) groups excluding carboxylic acids is 3. The fourth-order valence-corrected chi connectivity index (χ4v) is 4.07. The van der Waals surface area contributed by atoms with E-state index < -0.39 is 12.1 Å². The highest BCUT2D eigenvalue weighted by atomic mass is 32.1. The van der Waals surface area contributed by atoms with Crippen molar-refractivity contribution < 1.29 is 23.9 Å². The summed E-state index contributed by atoms with van der Waals surface area (Å²) in [6, 6.07) is -1.50. The number of esters is 1. The van der Waals surface area contributed by atoms with Crippen LogP contribution in [0.2, 0.25) is 0 Å². The number of nitrogens with zero attached hydrogens (tertiary/aromatic N) is 1. The fourth-order valence-electron chi connectivity index (χ4n) is 3.91. The first-order valence-electron chi connectivity index (χ1n) is 11.9. The number of hydrazine groups is 1. The van der Waals surface area contributed by atoms with Crippen LogP contribution in [-0.2, 0) is 23.9 Å². The minimum atomic E-state index is -0.890. The maximum Gasteiger partial charge on any atom is 0.324 e. The number of carbonyl (C=O) groups is 3. The zero-order valence-corrected chi connectivity index (χ0v) is 21.2. The Morgan fingerprint density at radius 3 is 2.55 bits per heavy atom. The van der Waals surface area contributed by atoms with E-state index in [9.17, 15) is 14.4 Å². The van der Waals surface area contributed by atoms with Crippen LogP contribution in [0.15, 0.2) is 0 Å². The van der Waals surface area contributed by atoms with Gasteiger partial charge in [-0.3, -0.25) is 19.4 Å². The Bertz CT molecular complexity index is 711. The second-order valence-electron chi connectivity index (χ2n) is 9.91. The zero-order chi connectivity index (χ0) is 24.6. The van der Waals surface area contributed by atoms with Crippen molar-refractivity contribution >= 4 is 35.0 Å². The third-order valence-electron chi connectivity index (χ3n) is 6.71. The monoisotopic (exact) mass is 484 g/mol. The Hall–Kier alpha value is -1.78. The third kappa shape index (κ3) is 8.50. The van der Waals surface area contributed by atoms with Crippen molar-refractivity contribution in [2.24, 2.45) is 23.0 Å². The number of hydrogen-bond acceptors (Lipinski definition) is 7. The Labute approximate surface area is 202 Å². The molecule has 2 rings (SSSR count). The first kappa shape index (κ1) is 27.5. The van der Waals surface area contributed by atoms with Gasteiger partial charge < -0.3 is 20.5 Å². The van der Waals surface area contributed by atoms with Crippen LogP contribution >= 0.6 is 12.2 Å². The van der Waals surface area contributed by atoms with Gasteiger partial charge in [0, 0.05) is 32.1 Å². The second kappa shape index (κ2) is 12.6. The summed E-state index contributed by atoms with van der Waals surface area (Å²) in [7, 11) is 0. The number of rotatable bonds is 10. The molecule has 33 heavy (non-hydrogen) atoms. The van der Waals surface area contributed by atoms with Crippen LogP contribution in [0, 0.1) is 17.3 Å². The molecule has 0 aromatic rings. The molecule has 4 N–H and O–H groups in total. The summed E-state index contributed by atoms with van der Waals surface area (Å²) in [5, 5.41) is 4.24. The van der Waals surface area contributed by atoms with E-state index in [2.05, 4.69) is 10.7 Å². The van der Waals surface area contributed by atoms with Crippen LogP contribution in [0.25, 0.3) is 0 Å². The average molecular weight is 485 g/mol. The summed E-state index contributed by atoms with van der Waals surface area (Å²) in [4.78, 5) is 38.9.